The zero-order valence-electron chi connectivity index (χ0n) is 9.98. The topological polar surface area (TPSA) is 68.2 Å². The number of hydrogen-bond donors (Lipinski definition) is 2. The first-order chi connectivity index (χ1) is 8.28. The third kappa shape index (κ3) is 3.45. The second kappa shape index (κ2) is 5.67. The highest BCUT2D eigenvalue weighted by Crippen LogP contribution is 2.13. The molecule has 0 radical (unpaired) electrons. The summed E-state index contributed by atoms with van der Waals surface area (Å²) in [5.41, 5.74) is 0.945. The second-order valence-electron chi connectivity index (χ2n) is 4.21. The van der Waals surface area contributed by atoms with Gasteiger partial charge in [0.2, 0.25) is 5.91 Å². The standard InChI is InChI=1S/C11H18N4O2/c1-12-11(16)7-15-6-10(5-14-15)13-4-9-2-3-17-8-9/h5-6,9,13H,2-4,7-8H2,1H3,(H,12,16). The third-order valence-electron chi connectivity index (χ3n) is 2.84. The largest absolute Gasteiger partial charge is 0.382 e. The number of anilines is 1. The van der Waals surface area contributed by atoms with Crippen molar-refractivity contribution < 1.29 is 9.53 Å². The molecule has 0 spiro atoms. The predicted octanol–water partition coefficient (Wildman–Crippen LogP) is 0.0775. The fraction of sp³-hybridized carbons (Fsp3) is 0.636. The first kappa shape index (κ1) is 11.9. The Balaban J connectivity index is 1.79. The zero-order chi connectivity index (χ0) is 12.1. The summed E-state index contributed by atoms with van der Waals surface area (Å²) < 4.78 is 6.92. The maximum absolute atomic E-state index is 11.1. The van der Waals surface area contributed by atoms with Crippen LogP contribution in [0.4, 0.5) is 5.69 Å². The molecule has 0 aliphatic carbocycles. The minimum Gasteiger partial charge on any atom is -0.382 e. The van der Waals surface area contributed by atoms with E-state index in [4.69, 9.17) is 4.74 Å². The van der Waals surface area contributed by atoms with E-state index in [1.165, 1.54) is 0 Å². The summed E-state index contributed by atoms with van der Waals surface area (Å²) in [5.74, 6) is 0.529. The molecule has 2 N–H and O–H groups in total. The van der Waals surface area contributed by atoms with Crippen molar-refractivity contribution in [1.29, 1.82) is 0 Å². The van der Waals surface area contributed by atoms with Gasteiger partial charge >= 0.3 is 0 Å². The summed E-state index contributed by atoms with van der Waals surface area (Å²) in [4.78, 5) is 11.1. The van der Waals surface area contributed by atoms with Crippen LogP contribution in [0.2, 0.25) is 0 Å². The lowest BCUT2D eigenvalue weighted by atomic mass is 10.1. The van der Waals surface area contributed by atoms with Gasteiger partial charge in [0.25, 0.3) is 0 Å². The molecule has 1 saturated heterocycles. The fourth-order valence-corrected chi connectivity index (χ4v) is 1.77. The Kier molecular flexibility index (Phi) is 3.98. The minimum absolute atomic E-state index is 0.0520. The van der Waals surface area contributed by atoms with Crippen LogP contribution < -0.4 is 10.6 Å². The summed E-state index contributed by atoms with van der Waals surface area (Å²) in [7, 11) is 1.62. The second-order valence-corrected chi connectivity index (χ2v) is 4.21. The number of ether oxygens (including phenoxy) is 1. The van der Waals surface area contributed by atoms with Crippen LogP contribution in [0.25, 0.3) is 0 Å². The van der Waals surface area contributed by atoms with Crippen LogP contribution in [0.3, 0.4) is 0 Å². The lowest BCUT2D eigenvalue weighted by Crippen LogP contribution is -2.23. The Morgan fingerprint density at radius 3 is 3.29 bits per heavy atom. The summed E-state index contributed by atoms with van der Waals surface area (Å²) in [6.07, 6.45) is 4.68. The number of hydrogen-bond acceptors (Lipinski definition) is 4. The molecule has 2 rings (SSSR count). The van der Waals surface area contributed by atoms with E-state index >= 15 is 0 Å². The molecule has 1 aliphatic heterocycles. The number of rotatable bonds is 5. The van der Waals surface area contributed by atoms with Gasteiger partial charge in [0.15, 0.2) is 0 Å². The van der Waals surface area contributed by atoms with E-state index in [1.807, 2.05) is 6.20 Å². The molecule has 1 amide bonds. The van der Waals surface area contributed by atoms with E-state index in [2.05, 4.69) is 15.7 Å². The molecular weight excluding hydrogens is 220 g/mol. The van der Waals surface area contributed by atoms with Crippen molar-refractivity contribution in [3.63, 3.8) is 0 Å². The SMILES string of the molecule is CNC(=O)Cn1cc(NCC2CCOC2)cn1. The average molecular weight is 238 g/mol. The number of likely N-dealkylation sites (N-methyl/N-ethyl adjacent to an activating group) is 1. The van der Waals surface area contributed by atoms with Crippen molar-refractivity contribution in [2.45, 2.75) is 13.0 Å². The molecule has 2 heterocycles. The van der Waals surface area contributed by atoms with Gasteiger partial charge in [-0.2, -0.15) is 5.10 Å². The number of amides is 1. The van der Waals surface area contributed by atoms with Crippen molar-refractivity contribution in [3.8, 4) is 0 Å². The number of carbonyl (C=O) groups excluding carboxylic acids is 1. The van der Waals surface area contributed by atoms with Gasteiger partial charge in [-0.1, -0.05) is 0 Å². The summed E-state index contributed by atoms with van der Waals surface area (Å²) in [6.45, 7) is 2.85. The number of nitrogens with zero attached hydrogens (tertiary/aromatic N) is 2. The van der Waals surface area contributed by atoms with E-state index in [9.17, 15) is 4.79 Å². The van der Waals surface area contributed by atoms with Crippen LogP contribution in [-0.2, 0) is 16.1 Å². The van der Waals surface area contributed by atoms with Gasteiger partial charge in [-0.25, -0.2) is 0 Å². The minimum atomic E-state index is -0.0520. The number of aromatic nitrogens is 2. The normalized spacial score (nSPS) is 19.2. The first-order valence-corrected chi connectivity index (χ1v) is 5.82. The Labute approximate surface area is 100 Å². The molecule has 0 aromatic carbocycles. The van der Waals surface area contributed by atoms with Crippen molar-refractivity contribution in [1.82, 2.24) is 15.1 Å². The number of nitrogens with one attached hydrogen (secondary N) is 2. The van der Waals surface area contributed by atoms with Crippen molar-refractivity contribution in [2.75, 3.05) is 32.1 Å². The molecule has 1 aromatic heterocycles. The van der Waals surface area contributed by atoms with E-state index in [0.717, 1.165) is 31.9 Å². The van der Waals surface area contributed by atoms with Crippen LogP contribution >= 0.6 is 0 Å². The summed E-state index contributed by atoms with van der Waals surface area (Å²) in [6, 6.07) is 0. The van der Waals surface area contributed by atoms with Gasteiger partial charge in [-0.3, -0.25) is 9.48 Å². The molecule has 6 heteroatoms. The molecule has 1 unspecified atom stereocenters. The third-order valence-corrected chi connectivity index (χ3v) is 2.84. The Hall–Kier alpha value is -1.56. The van der Waals surface area contributed by atoms with Crippen molar-refractivity contribution in [3.05, 3.63) is 12.4 Å². The molecular formula is C11H18N4O2. The van der Waals surface area contributed by atoms with E-state index in [-0.39, 0.29) is 12.5 Å². The monoisotopic (exact) mass is 238 g/mol. The van der Waals surface area contributed by atoms with E-state index < -0.39 is 0 Å². The first-order valence-electron chi connectivity index (χ1n) is 5.82. The van der Waals surface area contributed by atoms with Crippen LogP contribution in [0.15, 0.2) is 12.4 Å². The molecule has 1 fully saturated rings. The highest BCUT2D eigenvalue weighted by Gasteiger charge is 2.15. The Morgan fingerprint density at radius 1 is 1.71 bits per heavy atom. The van der Waals surface area contributed by atoms with Gasteiger partial charge in [-0.05, 0) is 6.42 Å². The van der Waals surface area contributed by atoms with Crippen LogP contribution in [-0.4, -0.2) is 42.5 Å². The van der Waals surface area contributed by atoms with E-state index in [0.29, 0.717) is 5.92 Å². The maximum Gasteiger partial charge on any atom is 0.241 e. The van der Waals surface area contributed by atoms with Gasteiger partial charge < -0.3 is 15.4 Å². The van der Waals surface area contributed by atoms with Crippen LogP contribution in [0, 0.1) is 5.92 Å². The zero-order valence-corrected chi connectivity index (χ0v) is 9.98. The van der Waals surface area contributed by atoms with Gasteiger partial charge in [0, 0.05) is 32.3 Å². The summed E-state index contributed by atoms with van der Waals surface area (Å²) >= 11 is 0. The molecule has 0 saturated carbocycles. The van der Waals surface area contributed by atoms with E-state index in [1.54, 1.807) is 17.9 Å². The predicted molar refractivity (Wildman–Crippen MR) is 63.7 cm³/mol. The molecule has 0 bridgehead atoms. The smallest absolute Gasteiger partial charge is 0.241 e. The lowest BCUT2D eigenvalue weighted by molar-refractivity contribution is -0.121. The number of carbonyl (C=O) groups is 1. The molecule has 17 heavy (non-hydrogen) atoms. The molecule has 94 valence electrons. The Morgan fingerprint density at radius 2 is 2.59 bits per heavy atom. The molecule has 6 nitrogen and oxygen atoms in total. The molecule has 1 aliphatic rings. The highest BCUT2D eigenvalue weighted by molar-refractivity contribution is 5.75. The highest BCUT2D eigenvalue weighted by atomic mass is 16.5. The Bertz CT molecular complexity index is 371. The van der Waals surface area contributed by atoms with Crippen molar-refractivity contribution >= 4 is 11.6 Å². The molecule has 1 aromatic rings. The van der Waals surface area contributed by atoms with Crippen LogP contribution in [0.5, 0.6) is 0 Å². The maximum atomic E-state index is 11.1. The average Bonchev–Trinajstić information content (AvgIpc) is 2.97. The van der Waals surface area contributed by atoms with Gasteiger partial charge in [0.05, 0.1) is 18.5 Å². The quantitative estimate of drug-likeness (QED) is 0.762. The summed E-state index contributed by atoms with van der Waals surface area (Å²) in [5, 5.41) is 9.98. The van der Waals surface area contributed by atoms with Gasteiger partial charge in [-0.15, -0.1) is 0 Å². The lowest BCUT2D eigenvalue weighted by Gasteiger charge is -2.08. The van der Waals surface area contributed by atoms with Crippen molar-refractivity contribution in [2.24, 2.45) is 5.92 Å². The van der Waals surface area contributed by atoms with Gasteiger partial charge in [0.1, 0.15) is 6.54 Å². The fourth-order valence-electron chi connectivity index (χ4n) is 1.77. The van der Waals surface area contributed by atoms with Crippen LogP contribution in [0.1, 0.15) is 6.42 Å². The molecule has 1 atom stereocenters.